The molecular weight excluding hydrogens is 234 g/mol. The second kappa shape index (κ2) is 4.99. The molecule has 4 heteroatoms. The normalized spacial score (nSPS) is 25.0. The van der Waals surface area contributed by atoms with Crippen LogP contribution in [0.4, 0.5) is 0 Å². The van der Waals surface area contributed by atoms with Crippen molar-refractivity contribution in [3.05, 3.63) is 16.4 Å². The lowest BCUT2D eigenvalue weighted by molar-refractivity contribution is 0.460. The van der Waals surface area contributed by atoms with Crippen molar-refractivity contribution in [3.8, 4) is 0 Å². The standard InChI is InChI=1S/C13H22ClN3/c1-5-17-12(13(14)9(3)16-17)7-11(15-4)10-6-8(10)2/h8,10-11,15H,5-7H2,1-4H3. The van der Waals surface area contributed by atoms with Crippen molar-refractivity contribution >= 4 is 11.6 Å². The maximum atomic E-state index is 6.34. The molecular formula is C13H22ClN3. The van der Waals surface area contributed by atoms with Crippen molar-refractivity contribution in [1.29, 1.82) is 0 Å². The topological polar surface area (TPSA) is 29.9 Å². The molecule has 1 aliphatic rings. The molecule has 0 amide bonds. The molecule has 1 saturated carbocycles. The molecule has 1 N–H and O–H groups in total. The van der Waals surface area contributed by atoms with Gasteiger partial charge in [0.25, 0.3) is 0 Å². The van der Waals surface area contributed by atoms with Crippen LogP contribution in [0, 0.1) is 18.8 Å². The molecule has 0 radical (unpaired) electrons. The summed E-state index contributed by atoms with van der Waals surface area (Å²) in [4.78, 5) is 0. The summed E-state index contributed by atoms with van der Waals surface area (Å²) in [5.74, 6) is 1.65. The molecule has 0 bridgehead atoms. The number of hydrogen-bond donors (Lipinski definition) is 1. The van der Waals surface area contributed by atoms with Crippen molar-refractivity contribution in [2.75, 3.05) is 7.05 Å². The van der Waals surface area contributed by atoms with Gasteiger partial charge >= 0.3 is 0 Å². The van der Waals surface area contributed by atoms with Gasteiger partial charge in [0, 0.05) is 19.0 Å². The van der Waals surface area contributed by atoms with Crippen molar-refractivity contribution in [1.82, 2.24) is 15.1 Å². The third-order valence-corrected chi connectivity index (χ3v) is 4.42. The average molecular weight is 256 g/mol. The minimum Gasteiger partial charge on any atom is -0.316 e. The Morgan fingerprint density at radius 1 is 1.59 bits per heavy atom. The van der Waals surface area contributed by atoms with E-state index in [2.05, 4.69) is 24.3 Å². The summed E-state index contributed by atoms with van der Waals surface area (Å²) < 4.78 is 2.04. The molecule has 3 nitrogen and oxygen atoms in total. The SMILES string of the molecule is CCn1nc(C)c(Cl)c1CC(NC)C1CC1C. The van der Waals surface area contributed by atoms with E-state index < -0.39 is 0 Å². The lowest BCUT2D eigenvalue weighted by Crippen LogP contribution is -2.31. The highest BCUT2D eigenvalue weighted by atomic mass is 35.5. The lowest BCUT2D eigenvalue weighted by atomic mass is 10.0. The van der Waals surface area contributed by atoms with E-state index in [1.165, 1.54) is 12.1 Å². The maximum absolute atomic E-state index is 6.34. The summed E-state index contributed by atoms with van der Waals surface area (Å²) >= 11 is 6.34. The minimum absolute atomic E-state index is 0.531. The van der Waals surface area contributed by atoms with Crippen LogP contribution in [0.5, 0.6) is 0 Å². The van der Waals surface area contributed by atoms with Crippen LogP contribution in [0.25, 0.3) is 0 Å². The number of hydrogen-bond acceptors (Lipinski definition) is 2. The summed E-state index contributed by atoms with van der Waals surface area (Å²) in [7, 11) is 2.04. The fourth-order valence-corrected chi connectivity index (χ4v) is 2.86. The highest BCUT2D eigenvalue weighted by Crippen LogP contribution is 2.41. The molecule has 96 valence electrons. The van der Waals surface area contributed by atoms with Gasteiger partial charge in [0.05, 0.1) is 16.4 Å². The second-order valence-corrected chi connectivity index (χ2v) is 5.52. The van der Waals surface area contributed by atoms with Gasteiger partial charge in [-0.3, -0.25) is 4.68 Å². The Morgan fingerprint density at radius 3 is 2.71 bits per heavy atom. The van der Waals surface area contributed by atoms with Gasteiger partial charge in [-0.1, -0.05) is 18.5 Å². The zero-order valence-corrected chi connectivity index (χ0v) is 11.9. The smallest absolute Gasteiger partial charge is 0.0847 e. The fraction of sp³-hybridized carbons (Fsp3) is 0.769. The molecule has 1 aliphatic carbocycles. The van der Waals surface area contributed by atoms with Gasteiger partial charge in [-0.05, 0) is 39.2 Å². The summed E-state index contributed by atoms with van der Waals surface area (Å²) in [5, 5.41) is 8.75. The van der Waals surface area contributed by atoms with Crippen LogP contribution < -0.4 is 5.32 Å². The Hall–Kier alpha value is -0.540. The highest BCUT2D eigenvalue weighted by Gasteiger charge is 2.39. The first-order valence-corrected chi connectivity index (χ1v) is 6.85. The van der Waals surface area contributed by atoms with E-state index >= 15 is 0 Å². The van der Waals surface area contributed by atoms with Crippen LogP contribution in [0.1, 0.15) is 31.7 Å². The predicted octanol–water partition coefficient (Wildman–Crippen LogP) is 2.65. The Balaban J connectivity index is 2.16. The molecule has 1 heterocycles. The Bertz CT molecular complexity index is 400. The number of aromatic nitrogens is 2. The quantitative estimate of drug-likeness (QED) is 0.877. The van der Waals surface area contributed by atoms with E-state index in [9.17, 15) is 0 Å². The van der Waals surface area contributed by atoms with Crippen molar-refractivity contribution < 1.29 is 0 Å². The average Bonchev–Trinajstić information content (AvgIpc) is 2.97. The first-order valence-electron chi connectivity index (χ1n) is 6.47. The zero-order chi connectivity index (χ0) is 12.6. The Kier molecular flexibility index (Phi) is 3.79. The predicted molar refractivity (Wildman–Crippen MR) is 71.5 cm³/mol. The third-order valence-electron chi connectivity index (χ3n) is 3.93. The number of aryl methyl sites for hydroxylation is 2. The molecule has 1 aromatic heterocycles. The number of likely N-dealkylation sites (N-methyl/N-ethyl adjacent to an activating group) is 1. The Labute approximate surface area is 109 Å². The molecule has 3 atom stereocenters. The molecule has 17 heavy (non-hydrogen) atoms. The molecule has 1 fully saturated rings. The maximum Gasteiger partial charge on any atom is 0.0847 e. The van der Waals surface area contributed by atoms with Gasteiger partial charge in [0.1, 0.15) is 0 Å². The minimum atomic E-state index is 0.531. The van der Waals surface area contributed by atoms with Gasteiger partial charge in [-0.2, -0.15) is 5.10 Å². The van der Waals surface area contributed by atoms with E-state index in [4.69, 9.17) is 11.6 Å². The van der Waals surface area contributed by atoms with Crippen LogP contribution in [0.15, 0.2) is 0 Å². The second-order valence-electron chi connectivity index (χ2n) is 5.14. The van der Waals surface area contributed by atoms with Crippen LogP contribution in [0.2, 0.25) is 5.02 Å². The van der Waals surface area contributed by atoms with E-state index in [1.807, 2.05) is 18.7 Å². The summed E-state index contributed by atoms with van der Waals surface area (Å²) in [6, 6.07) is 0.531. The van der Waals surface area contributed by atoms with Gasteiger partial charge in [0.15, 0.2) is 0 Å². The molecule has 1 aromatic rings. The molecule has 0 aliphatic heterocycles. The van der Waals surface area contributed by atoms with E-state index in [-0.39, 0.29) is 0 Å². The van der Waals surface area contributed by atoms with Gasteiger partial charge < -0.3 is 5.32 Å². The molecule has 2 rings (SSSR count). The van der Waals surface area contributed by atoms with Crippen LogP contribution >= 0.6 is 11.6 Å². The number of nitrogens with one attached hydrogen (secondary N) is 1. The fourth-order valence-electron chi connectivity index (χ4n) is 2.65. The van der Waals surface area contributed by atoms with Crippen molar-refractivity contribution in [2.45, 2.75) is 46.2 Å². The summed E-state index contributed by atoms with van der Waals surface area (Å²) in [6.07, 6.45) is 2.32. The number of halogens is 1. The van der Waals surface area contributed by atoms with E-state index in [0.29, 0.717) is 6.04 Å². The molecule has 0 saturated heterocycles. The van der Waals surface area contributed by atoms with Gasteiger partial charge in [-0.15, -0.1) is 0 Å². The van der Waals surface area contributed by atoms with Crippen molar-refractivity contribution in [3.63, 3.8) is 0 Å². The highest BCUT2D eigenvalue weighted by molar-refractivity contribution is 6.31. The van der Waals surface area contributed by atoms with Crippen molar-refractivity contribution in [2.24, 2.45) is 11.8 Å². The van der Waals surface area contributed by atoms with E-state index in [0.717, 1.165) is 35.5 Å². The first kappa shape index (κ1) is 12.9. The Morgan fingerprint density at radius 2 is 2.24 bits per heavy atom. The lowest BCUT2D eigenvalue weighted by Gasteiger charge is -2.16. The first-order chi connectivity index (χ1) is 8.08. The van der Waals surface area contributed by atoms with Gasteiger partial charge in [-0.25, -0.2) is 0 Å². The van der Waals surface area contributed by atoms with E-state index in [1.54, 1.807) is 0 Å². The van der Waals surface area contributed by atoms with Gasteiger partial charge in [0.2, 0.25) is 0 Å². The summed E-state index contributed by atoms with van der Waals surface area (Å²) in [5.41, 5.74) is 2.13. The largest absolute Gasteiger partial charge is 0.316 e. The zero-order valence-electron chi connectivity index (χ0n) is 11.1. The molecule has 3 unspecified atom stereocenters. The van der Waals surface area contributed by atoms with Crippen LogP contribution in [0.3, 0.4) is 0 Å². The van der Waals surface area contributed by atoms with Crippen LogP contribution in [-0.2, 0) is 13.0 Å². The van der Waals surface area contributed by atoms with Crippen LogP contribution in [-0.4, -0.2) is 22.9 Å². The number of nitrogens with zero attached hydrogens (tertiary/aromatic N) is 2. The third kappa shape index (κ3) is 2.50. The molecule has 0 spiro atoms. The molecule has 0 aromatic carbocycles. The monoisotopic (exact) mass is 255 g/mol. The summed E-state index contributed by atoms with van der Waals surface area (Å²) in [6.45, 7) is 7.30. The number of rotatable bonds is 5.